The molecule has 4 heteroatoms. The summed E-state index contributed by atoms with van der Waals surface area (Å²) < 4.78 is 5.44. The van der Waals surface area contributed by atoms with Crippen molar-refractivity contribution in [1.29, 1.82) is 5.26 Å². The lowest BCUT2D eigenvalue weighted by atomic mass is 10.2. The van der Waals surface area contributed by atoms with E-state index in [0.29, 0.717) is 11.3 Å². The van der Waals surface area contributed by atoms with E-state index in [1.165, 1.54) is 4.90 Å². The Morgan fingerprint density at radius 1 is 1.26 bits per heavy atom. The zero-order valence-corrected chi connectivity index (χ0v) is 10.9. The van der Waals surface area contributed by atoms with Crippen molar-refractivity contribution in [2.75, 3.05) is 11.9 Å². The lowest BCUT2D eigenvalue weighted by Crippen LogP contribution is -2.25. The number of rotatable bonds is 3. The van der Waals surface area contributed by atoms with Gasteiger partial charge in [-0.2, -0.15) is 5.26 Å². The predicted molar refractivity (Wildman–Crippen MR) is 72.0 cm³/mol. The Bertz CT molecular complexity index is 620. The Kier molecular flexibility index (Phi) is 3.67. The molecule has 0 bridgehead atoms. The molecule has 0 atom stereocenters. The molecule has 0 aliphatic rings. The minimum atomic E-state index is -0.204. The normalized spacial score (nSPS) is 9.95. The standard InChI is InChI=1S/C15H14N2O2/c1-3-13-8-9-14(19-13)15(18)17(2)12-6-4-11(10-16)5-7-12/h4-9H,3H2,1-2H3. The molecule has 1 amide bonds. The first-order valence-corrected chi connectivity index (χ1v) is 6.02. The van der Waals surface area contributed by atoms with E-state index in [2.05, 4.69) is 0 Å². The van der Waals surface area contributed by atoms with Gasteiger partial charge in [0.15, 0.2) is 5.76 Å². The molecule has 1 aromatic heterocycles. The summed E-state index contributed by atoms with van der Waals surface area (Å²) in [5.74, 6) is 0.907. The largest absolute Gasteiger partial charge is 0.456 e. The number of nitrogens with zero attached hydrogens (tertiary/aromatic N) is 2. The van der Waals surface area contributed by atoms with Gasteiger partial charge in [-0.25, -0.2) is 0 Å². The molecule has 2 aromatic rings. The van der Waals surface area contributed by atoms with Gasteiger partial charge in [0.05, 0.1) is 11.6 Å². The average Bonchev–Trinajstić information content (AvgIpc) is 2.94. The van der Waals surface area contributed by atoms with E-state index in [1.54, 1.807) is 43.4 Å². The topological polar surface area (TPSA) is 57.2 Å². The van der Waals surface area contributed by atoms with Crippen LogP contribution in [0.1, 0.15) is 28.8 Å². The average molecular weight is 254 g/mol. The van der Waals surface area contributed by atoms with Gasteiger partial charge in [0, 0.05) is 19.2 Å². The molecule has 0 aliphatic heterocycles. The van der Waals surface area contributed by atoms with Crippen LogP contribution >= 0.6 is 0 Å². The van der Waals surface area contributed by atoms with Crippen molar-refractivity contribution in [3.8, 4) is 6.07 Å². The molecule has 4 nitrogen and oxygen atoms in total. The highest BCUT2D eigenvalue weighted by atomic mass is 16.4. The van der Waals surface area contributed by atoms with Gasteiger partial charge in [0.1, 0.15) is 5.76 Å². The summed E-state index contributed by atoms with van der Waals surface area (Å²) in [5.41, 5.74) is 1.29. The van der Waals surface area contributed by atoms with E-state index in [4.69, 9.17) is 9.68 Å². The summed E-state index contributed by atoms with van der Waals surface area (Å²) in [4.78, 5) is 13.7. The summed E-state index contributed by atoms with van der Waals surface area (Å²) in [6.45, 7) is 1.97. The maximum absolute atomic E-state index is 12.2. The van der Waals surface area contributed by atoms with Crippen LogP contribution < -0.4 is 4.90 Å². The number of nitriles is 1. The molecule has 0 saturated carbocycles. The summed E-state index contributed by atoms with van der Waals surface area (Å²) in [7, 11) is 1.68. The van der Waals surface area contributed by atoms with Gasteiger partial charge < -0.3 is 9.32 Å². The molecule has 0 saturated heterocycles. The minimum absolute atomic E-state index is 0.204. The second kappa shape index (κ2) is 5.40. The molecule has 0 unspecified atom stereocenters. The highest BCUT2D eigenvalue weighted by Gasteiger charge is 2.17. The second-order valence-electron chi connectivity index (χ2n) is 4.14. The second-order valence-corrected chi connectivity index (χ2v) is 4.14. The fourth-order valence-electron chi connectivity index (χ4n) is 1.72. The molecule has 0 aliphatic carbocycles. The third-order valence-corrected chi connectivity index (χ3v) is 2.91. The van der Waals surface area contributed by atoms with Crippen LogP contribution in [0.3, 0.4) is 0 Å². The van der Waals surface area contributed by atoms with Crippen LogP contribution in [0.5, 0.6) is 0 Å². The van der Waals surface area contributed by atoms with E-state index in [-0.39, 0.29) is 5.91 Å². The fourth-order valence-corrected chi connectivity index (χ4v) is 1.72. The Hall–Kier alpha value is -2.54. The molecule has 0 spiro atoms. The first kappa shape index (κ1) is 12.9. The number of anilines is 1. The third kappa shape index (κ3) is 2.66. The maximum Gasteiger partial charge on any atom is 0.293 e. The number of aryl methyl sites for hydroxylation is 1. The molecule has 1 heterocycles. The molecule has 0 N–H and O–H groups in total. The van der Waals surface area contributed by atoms with E-state index >= 15 is 0 Å². The minimum Gasteiger partial charge on any atom is -0.456 e. The Labute approximate surface area is 111 Å². The van der Waals surface area contributed by atoms with Crippen molar-refractivity contribution in [2.45, 2.75) is 13.3 Å². The van der Waals surface area contributed by atoms with E-state index in [0.717, 1.165) is 17.9 Å². The van der Waals surface area contributed by atoms with Crippen LogP contribution in [-0.4, -0.2) is 13.0 Å². The molecule has 0 fully saturated rings. The molecule has 96 valence electrons. The number of carbonyl (C=O) groups is 1. The van der Waals surface area contributed by atoms with Crippen molar-refractivity contribution in [3.05, 3.63) is 53.5 Å². The Morgan fingerprint density at radius 3 is 2.47 bits per heavy atom. The van der Waals surface area contributed by atoms with Gasteiger partial charge in [-0.1, -0.05) is 6.92 Å². The summed E-state index contributed by atoms with van der Waals surface area (Å²) in [6.07, 6.45) is 0.758. The first-order chi connectivity index (χ1) is 9.15. The lowest BCUT2D eigenvalue weighted by Gasteiger charge is -2.15. The highest BCUT2D eigenvalue weighted by Crippen LogP contribution is 2.18. The van der Waals surface area contributed by atoms with Gasteiger partial charge in [-0.3, -0.25) is 4.79 Å². The maximum atomic E-state index is 12.2. The van der Waals surface area contributed by atoms with Crippen LogP contribution in [0, 0.1) is 11.3 Å². The Morgan fingerprint density at radius 2 is 1.95 bits per heavy atom. The molecule has 19 heavy (non-hydrogen) atoms. The number of amides is 1. The number of hydrogen-bond acceptors (Lipinski definition) is 3. The zero-order valence-electron chi connectivity index (χ0n) is 10.9. The van der Waals surface area contributed by atoms with Crippen molar-refractivity contribution < 1.29 is 9.21 Å². The first-order valence-electron chi connectivity index (χ1n) is 6.02. The van der Waals surface area contributed by atoms with E-state index in [1.807, 2.05) is 13.0 Å². The SMILES string of the molecule is CCc1ccc(C(=O)N(C)c2ccc(C#N)cc2)o1. The highest BCUT2D eigenvalue weighted by molar-refractivity contribution is 6.03. The number of furan rings is 1. The number of hydrogen-bond donors (Lipinski definition) is 0. The monoisotopic (exact) mass is 254 g/mol. The molecule has 1 aromatic carbocycles. The van der Waals surface area contributed by atoms with Crippen molar-refractivity contribution in [3.63, 3.8) is 0 Å². The molecular weight excluding hydrogens is 240 g/mol. The van der Waals surface area contributed by atoms with E-state index < -0.39 is 0 Å². The number of benzene rings is 1. The van der Waals surface area contributed by atoms with Crippen LogP contribution in [0.4, 0.5) is 5.69 Å². The van der Waals surface area contributed by atoms with Gasteiger partial charge in [0.25, 0.3) is 5.91 Å². The quantitative estimate of drug-likeness (QED) is 0.846. The Balaban J connectivity index is 2.20. The van der Waals surface area contributed by atoms with Crippen LogP contribution in [-0.2, 0) is 6.42 Å². The fraction of sp³-hybridized carbons (Fsp3) is 0.200. The predicted octanol–water partition coefficient (Wildman–Crippen LogP) is 2.99. The summed E-state index contributed by atoms with van der Waals surface area (Å²) >= 11 is 0. The van der Waals surface area contributed by atoms with Crippen molar-refractivity contribution in [2.24, 2.45) is 0 Å². The van der Waals surface area contributed by atoms with E-state index in [9.17, 15) is 4.79 Å². The van der Waals surface area contributed by atoms with Crippen molar-refractivity contribution in [1.82, 2.24) is 0 Å². The molecular formula is C15H14N2O2. The summed E-state index contributed by atoms with van der Waals surface area (Å²) in [5, 5.41) is 8.74. The zero-order chi connectivity index (χ0) is 13.8. The van der Waals surface area contributed by atoms with Crippen molar-refractivity contribution >= 4 is 11.6 Å². The van der Waals surface area contributed by atoms with Gasteiger partial charge in [-0.15, -0.1) is 0 Å². The lowest BCUT2D eigenvalue weighted by molar-refractivity contribution is 0.0965. The van der Waals surface area contributed by atoms with Gasteiger partial charge >= 0.3 is 0 Å². The third-order valence-electron chi connectivity index (χ3n) is 2.91. The molecule has 2 rings (SSSR count). The van der Waals surface area contributed by atoms with Crippen LogP contribution in [0.25, 0.3) is 0 Å². The number of carbonyl (C=O) groups excluding carboxylic acids is 1. The summed E-state index contributed by atoms with van der Waals surface area (Å²) in [6, 6.07) is 12.4. The van der Waals surface area contributed by atoms with Gasteiger partial charge in [0.2, 0.25) is 0 Å². The smallest absolute Gasteiger partial charge is 0.293 e. The van der Waals surface area contributed by atoms with Gasteiger partial charge in [-0.05, 0) is 36.4 Å². The van der Waals surface area contributed by atoms with Crippen LogP contribution in [0.15, 0.2) is 40.8 Å². The van der Waals surface area contributed by atoms with Crippen LogP contribution in [0.2, 0.25) is 0 Å². The molecule has 0 radical (unpaired) electrons.